The summed E-state index contributed by atoms with van der Waals surface area (Å²) in [7, 11) is 0. The van der Waals surface area contributed by atoms with Crippen molar-refractivity contribution < 1.29 is 5.11 Å². The second-order valence-electron chi connectivity index (χ2n) is 1.58. The smallest absolute Gasteiger partial charge is 0.0453 e. The lowest BCUT2D eigenvalue weighted by molar-refractivity contribution is 0.248. The van der Waals surface area contributed by atoms with E-state index in [-0.39, 0.29) is 8.41 Å². The molecule has 3 radical (unpaired) electrons. The Labute approximate surface area is 41.0 Å². The largest absolute Gasteiger partial charge is 0.396 e. The zero-order chi connectivity index (χ0) is 4.28. The molecule has 0 aromatic carbocycles. The van der Waals surface area contributed by atoms with Crippen molar-refractivity contribution >= 4 is 8.41 Å². The van der Waals surface area contributed by atoms with Gasteiger partial charge in [-0.15, -0.1) is 0 Å². The molecule has 0 saturated heterocycles. The third kappa shape index (κ3) is 8.98. The fourth-order valence-electron chi connectivity index (χ4n) is 0. The van der Waals surface area contributed by atoms with E-state index in [4.69, 9.17) is 5.11 Å². The number of hydrogen-bond donors (Lipinski definition) is 1. The summed E-state index contributed by atoms with van der Waals surface area (Å²) in [4.78, 5) is 0. The molecule has 0 atom stereocenters. The average molecular weight is 84.9 g/mol. The van der Waals surface area contributed by atoms with Gasteiger partial charge in [0.1, 0.15) is 0 Å². The van der Waals surface area contributed by atoms with Crippen LogP contribution < -0.4 is 0 Å². The summed E-state index contributed by atoms with van der Waals surface area (Å²) in [5.74, 6) is 0.440. The van der Waals surface area contributed by atoms with Gasteiger partial charge in [-0.3, -0.25) is 0 Å². The van der Waals surface area contributed by atoms with Gasteiger partial charge in [-0.05, 0) is 5.92 Å². The van der Waals surface area contributed by atoms with Gasteiger partial charge in [0.15, 0.2) is 0 Å². The van der Waals surface area contributed by atoms with Gasteiger partial charge in [-0.2, -0.15) is 0 Å². The van der Waals surface area contributed by atoms with Gasteiger partial charge in [0.25, 0.3) is 0 Å². The zero-order valence-electron chi connectivity index (χ0n) is 4.31. The predicted molar refractivity (Wildman–Crippen MR) is 27.7 cm³/mol. The molecule has 0 aromatic rings. The van der Waals surface area contributed by atoms with Crippen LogP contribution in [-0.2, 0) is 0 Å². The molecule has 0 unspecified atom stereocenters. The molecule has 2 heteroatoms. The average Bonchev–Trinajstić information content (AvgIpc) is 1.38. The molecule has 0 aliphatic carbocycles. The zero-order valence-corrected chi connectivity index (χ0v) is 4.31. The topological polar surface area (TPSA) is 20.2 Å². The van der Waals surface area contributed by atoms with Crippen molar-refractivity contribution in [1.29, 1.82) is 0 Å². The van der Waals surface area contributed by atoms with E-state index in [1.54, 1.807) is 0 Å². The second-order valence-corrected chi connectivity index (χ2v) is 1.58. The molecular weight excluding hydrogens is 74.9 g/mol. The van der Waals surface area contributed by atoms with E-state index < -0.39 is 0 Å². The van der Waals surface area contributed by atoms with E-state index in [1.807, 2.05) is 13.8 Å². The minimum atomic E-state index is 0. The van der Waals surface area contributed by atoms with Crippen LogP contribution in [0, 0.1) is 5.92 Å². The van der Waals surface area contributed by atoms with Crippen molar-refractivity contribution in [3.8, 4) is 0 Å². The van der Waals surface area contributed by atoms with E-state index in [0.717, 1.165) is 0 Å². The Morgan fingerprint density at radius 2 is 1.67 bits per heavy atom. The Morgan fingerprint density at radius 3 is 1.67 bits per heavy atom. The summed E-state index contributed by atoms with van der Waals surface area (Å²) in [5.41, 5.74) is 0. The maximum atomic E-state index is 8.14. The van der Waals surface area contributed by atoms with Crippen molar-refractivity contribution in [2.75, 3.05) is 6.61 Å². The van der Waals surface area contributed by atoms with E-state index in [2.05, 4.69) is 0 Å². The van der Waals surface area contributed by atoms with Gasteiger partial charge >= 0.3 is 0 Å². The number of rotatable bonds is 1. The molecule has 0 spiro atoms. The normalized spacial score (nSPS) is 8.00. The highest BCUT2D eigenvalue weighted by Gasteiger charge is 1.81. The molecular formula is C4H10BO. The van der Waals surface area contributed by atoms with Crippen LogP contribution in [0.4, 0.5) is 0 Å². The Bertz CT molecular complexity index is 21.5. The van der Waals surface area contributed by atoms with Gasteiger partial charge in [0, 0.05) is 15.0 Å². The number of aliphatic hydroxyl groups is 1. The molecule has 6 heavy (non-hydrogen) atoms. The molecule has 0 aliphatic heterocycles. The van der Waals surface area contributed by atoms with Gasteiger partial charge in [0.05, 0.1) is 0 Å². The van der Waals surface area contributed by atoms with Gasteiger partial charge in [0.2, 0.25) is 0 Å². The lowest BCUT2D eigenvalue weighted by atomic mass is 10.2. The third-order valence-corrected chi connectivity index (χ3v) is 0.365. The summed E-state index contributed by atoms with van der Waals surface area (Å²) < 4.78 is 0. The molecule has 0 saturated carbocycles. The summed E-state index contributed by atoms with van der Waals surface area (Å²) >= 11 is 0. The highest BCUT2D eigenvalue weighted by Crippen LogP contribution is 1.83. The Hall–Kier alpha value is 0.0249. The molecule has 0 heterocycles. The van der Waals surface area contributed by atoms with Crippen molar-refractivity contribution in [2.45, 2.75) is 13.8 Å². The molecule has 0 aliphatic rings. The highest BCUT2D eigenvalue weighted by atomic mass is 16.3. The fraction of sp³-hybridized carbons (Fsp3) is 1.00. The van der Waals surface area contributed by atoms with E-state index in [0.29, 0.717) is 12.5 Å². The molecule has 1 N–H and O–H groups in total. The first-order chi connectivity index (χ1) is 2.27. The Morgan fingerprint density at radius 1 is 1.50 bits per heavy atom. The first kappa shape index (κ1) is 9.39. The summed E-state index contributed by atoms with van der Waals surface area (Å²) in [6.07, 6.45) is 0. The van der Waals surface area contributed by atoms with Gasteiger partial charge < -0.3 is 5.11 Å². The van der Waals surface area contributed by atoms with Crippen molar-refractivity contribution in [3.05, 3.63) is 0 Å². The van der Waals surface area contributed by atoms with E-state index >= 15 is 0 Å². The number of hydrogen-bond acceptors (Lipinski definition) is 1. The van der Waals surface area contributed by atoms with Gasteiger partial charge in [-0.1, -0.05) is 13.8 Å². The molecule has 0 amide bonds. The van der Waals surface area contributed by atoms with E-state index in [1.165, 1.54) is 0 Å². The van der Waals surface area contributed by atoms with Gasteiger partial charge in [-0.25, -0.2) is 0 Å². The maximum absolute atomic E-state index is 8.14. The monoisotopic (exact) mass is 85.1 g/mol. The van der Waals surface area contributed by atoms with Crippen LogP contribution >= 0.6 is 0 Å². The minimum absolute atomic E-state index is 0. The molecule has 35 valence electrons. The SMILES string of the molecule is CC(C)CO.[B]. The second kappa shape index (κ2) is 5.02. The Balaban J connectivity index is 0. The standard InChI is InChI=1S/C4H10O.B/c1-4(2)3-5;/h4-5H,3H2,1-2H3;. The lowest BCUT2D eigenvalue weighted by Gasteiger charge is -1.90. The quantitative estimate of drug-likeness (QED) is 0.452. The first-order valence-corrected chi connectivity index (χ1v) is 1.88. The first-order valence-electron chi connectivity index (χ1n) is 1.88. The molecule has 0 aromatic heterocycles. The van der Waals surface area contributed by atoms with Crippen LogP contribution in [0.25, 0.3) is 0 Å². The fourth-order valence-corrected chi connectivity index (χ4v) is 0. The molecule has 1 nitrogen and oxygen atoms in total. The predicted octanol–water partition coefficient (Wildman–Crippen LogP) is 0.254. The van der Waals surface area contributed by atoms with Crippen LogP contribution in [-0.4, -0.2) is 20.1 Å². The minimum Gasteiger partial charge on any atom is -0.396 e. The highest BCUT2D eigenvalue weighted by molar-refractivity contribution is 5.75. The molecule has 0 bridgehead atoms. The maximum Gasteiger partial charge on any atom is 0.0453 e. The summed E-state index contributed by atoms with van der Waals surface area (Å²) in [6.45, 7) is 4.25. The molecule has 0 fully saturated rings. The van der Waals surface area contributed by atoms with Crippen LogP contribution in [0.2, 0.25) is 0 Å². The third-order valence-electron chi connectivity index (χ3n) is 0.365. The molecule has 0 rings (SSSR count). The summed E-state index contributed by atoms with van der Waals surface area (Å²) in [5, 5.41) is 8.14. The van der Waals surface area contributed by atoms with Crippen LogP contribution in [0.15, 0.2) is 0 Å². The Kier molecular flexibility index (Phi) is 7.86. The van der Waals surface area contributed by atoms with Crippen LogP contribution in [0.3, 0.4) is 0 Å². The summed E-state index contributed by atoms with van der Waals surface area (Å²) in [6, 6.07) is 0. The van der Waals surface area contributed by atoms with Crippen molar-refractivity contribution in [2.24, 2.45) is 5.92 Å². The van der Waals surface area contributed by atoms with Crippen LogP contribution in [0.5, 0.6) is 0 Å². The van der Waals surface area contributed by atoms with Crippen LogP contribution in [0.1, 0.15) is 13.8 Å². The number of aliphatic hydroxyl groups excluding tert-OH is 1. The van der Waals surface area contributed by atoms with E-state index in [9.17, 15) is 0 Å². The lowest BCUT2D eigenvalue weighted by Crippen LogP contribution is -1.90. The van der Waals surface area contributed by atoms with Crippen molar-refractivity contribution in [3.63, 3.8) is 0 Å². The van der Waals surface area contributed by atoms with Crippen molar-refractivity contribution in [1.82, 2.24) is 0 Å².